The molecule has 3 N–H and O–H groups in total. The Balaban J connectivity index is 1.76. The first-order valence-corrected chi connectivity index (χ1v) is 13.3. The van der Waals surface area contributed by atoms with E-state index in [0.29, 0.717) is 31.6 Å². The molecule has 0 amide bonds. The minimum absolute atomic E-state index is 0.114. The summed E-state index contributed by atoms with van der Waals surface area (Å²) >= 11 is 0. The van der Waals surface area contributed by atoms with Crippen LogP contribution in [0, 0.1) is 18.7 Å². The number of pyridine rings is 1. The van der Waals surface area contributed by atoms with Gasteiger partial charge in [-0.25, -0.2) is 9.07 Å². The molecule has 9 heteroatoms. The van der Waals surface area contributed by atoms with Crippen molar-refractivity contribution < 1.29 is 14.2 Å². The first kappa shape index (κ1) is 25.6. The molecule has 1 saturated heterocycles. The fourth-order valence-electron chi connectivity index (χ4n) is 6.09. The number of benzene rings is 2. The third-order valence-corrected chi connectivity index (χ3v) is 8.10. The van der Waals surface area contributed by atoms with Crippen LogP contribution in [0.3, 0.4) is 0 Å². The van der Waals surface area contributed by atoms with E-state index in [2.05, 4.69) is 10.3 Å². The van der Waals surface area contributed by atoms with Crippen molar-refractivity contribution in [3.8, 4) is 11.3 Å². The molecule has 2 aromatic carbocycles. The predicted octanol–water partition coefficient (Wildman–Crippen LogP) is 4.75. The van der Waals surface area contributed by atoms with Crippen molar-refractivity contribution in [2.24, 2.45) is 18.7 Å². The molecule has 0 saturated carbocycles. The van der Waals surface area contributed by atoms with Gasteiger partial charge >= 0.3 is 0 Å². The maximum atomic E-state index is 15.7. The molecule has 0 radical (unpaired) electrons. The number of halogens is 1. The van der Waals surface area contributed by atoms with Gasteiger partial charge in [-0.2, -0.15) is 0 Å². The number of ether oxygens (including phenoxy) is 1. The van der Waals surface area contributed by atoms with E-state index < -0.39 is 11.3 Å². The van der Waals surface area contributed by atoms with Gasteiger partial charge in [-0.3, -0.25) is 4.98 Å². The summed E-state index contributed by atoms with van der Waals surface area (Å²) in [5.74, 6) is -0.479. The van der Waals surface area contributed by atoms with Crippen molar-refractivity contribution in [2.75, 3.05) is 13.2 Å². The van der Waals surface area contributed by atoms with Gasteiger partial charge in [0.15, 0.2) is 0 Å². The summed E-state index contributed by atoms with van der Waals surface area (Å²) in [5.41, 5.74) is 11.1. The van der Waals surface area contributed by atoms with Crippen molar-refractivity contribution in [3.63, 3.8) is 0 Å². The topological polar surface area (TPSA) is 104 Å². The van der Waals surface area contributed by atoms with Crippen LogP contribution in [0.15, 0.2) is 54.7 Å². The minimum atomic E-state index is -1.26. The highest BCUT2D eigenvalue weighted by atomic mass is 19.1. The van der Waals surface area contributed by atoms with Crippen LogP contribution in [0.2, 0.25) is 0 Å². The predicted molar refractivity (Wildman–Crippen MR) is 148 cm³/mol. The molecule has 6 rings (SSSR count). The average molecular weight is 529 g/mol. The fraction of sp³-hybridized carbons (Fsp3) is 0.367. The van der Waals surface area contributed by atoms with Crippen LogP contribution in [0.25, 0.3) is 33.2 Å². The molecule has 0 aliphatic carbocycles. The van der Waals surface area contributed by atoms with Crippen molar-refractivity contribution in [1.82, 2.24) is 24.5 Å². The first-order chi connectivity index (χ1) is 18.6. The summed E-state index contributed by atoms with van der Waals surface area (Å²) in [6.07, 6.45) is 3.17. The van der Waals surface area contributed by atoms with Gasteiger partial charge in [-0.05, 0) is 57.4 Å². The van der Waals surface area contributed by atoms with Crippen LogP contribution in [0.4, 0.5) is 4.39 Å². The number of aromatic nitrogens is 5. The Labute approximate surface area is 226 Å². The van der Waals surface area contributed by atoms with Crippen molar-refractivity contribution >= 4 is 21.9 Å². The number of nitrogens with two attached hydrogens (primary N) is 1. The second-order valence-electron chi connectivity index (χ2n) is 11.1. The molecular weight excluding hydrogens is 495 g/mol. The Bertz CT molecular complexity index is 1680. The summed E-state index contributed by atoms with van der Waals surface area (Å²) in [6, 6.07) is 14.6. The molecule has 1 fully saturated rings. The molecule has 0 spiro atoms. The standard InChI is InChI=1S/C30H33FN6O2/c1-18-28(36(4)35-34-18)19-15-26-27(33-17-19)22-10-9-21(29(2,3)38)16-25(22)37(26)30(32,20-11-13-39-14-12-20)23-7-5-6-8-24(23)31/h5-10,15-17,20,38H,11-14,32H2,1-4H3. The van der Waals surface area contributed by atoms with Crippen LogP contribution in [0.1, 0.15) is 43.5 Å². The van der Waals surface area contributed by atoms with Crippen LogP contribution in [-0.2, 0) is 23.0 Å². The maximum absolute atomic E-state index is 15.7. The van der Waals surface area contributed by atoms with E-state index in [1.54, 1.807) is 30.7 Å². The smallest absolute Gasteiger partial charge is 0.130 e. The number of aryl methyl sites for hydroxylation is 2. The summed E-state index contributed by atoms with van der Waals surface area (Å²) in [5, 5.41) is 20.2. The molecular formula is C30H33FN6O2. The Morgan fingerprint density at radius 1 is 1.08 bits per heavy atom. The van der Waals surface area contributed by atoms with Gasteiger partial charge in [-0.15, -0.1) is 5.10 Å². The van der Waals surface area contributed by atoms with Crippen molar-refractivity contribution in [1.29, 1.82) is 0 Å². The lowest BCUT2D eigenvalue weighted by molar-refractivity contribution is 0.0306. The number of aliphatic hydroxyl groups is 1. The van der Waals surface area contributed by atoms with E-state index >= 15 is 4.39 Å². The van der Waals surface area contributed by atoms with Gasteiger partial charge in [-0.1, -0.05) is 35.5 Å². The zero-order valence-electron chi connectivity index (χ0n) is 22.6. The van der Waals surface area contributed by atoms with Crippen LogP contribution < -0.4 is 5.73 Å². The summed E-state index contributed by atoms with van der Waals surface area (Å²) in [4.78, 5) is 4.91. The maximum Gasteiger partial charge on any atom is 0.130 e. The Hall–Kier alpha value is -3.66. The lowest BCUT2D eigenvalue weighted by Crippen LogP contribution is -2.52. The van der Waals surface area contributed by atoms with Crippen LogP contribution >= 0.6 is 0 Å². The summed E-state index contributed by atoms with van der Waals surface area (Å²) in [7, 11) is 1.85. The lowest BCUT2D eigenvalue weighted by atomic mass is 9.80. The van der Waals surface area contributed by atoms with Gasteiger partial charge in [0.05, 0.1) is 33.5 Å². The third-order valence-electron chi connectivity index (χ3n) is 8.10. The van der Waals surface area contributed by atoms with Gasteiger partial charge in [0, 0.05) is 48.9 Å². The highest BCUT2D eigenvalue weighted by Crippen LogP contribution is 2.44. The molecule has 0 bridgehead atoms. The highest BCUT2D eigenvalue weighted by molar-refractivity contribution is 6.07. The molecule has 1 atom stereocenters. The van der Waals surface area contributed by atoms with E-state index in [-0.39, 0.29) is 11.7 Å². The first-order valence-electron chi connectivity index (χ1n) is 13.3. The second-order valence-corrected chi connectivity index (χ2v) is 11.1. The van der Waals surface area contributed by atoms with E-state index in [9.17, 15) is 5.11 Å². The summed E-state index contributed by atoms with van der Waals surface area (Å²) < 4.78 is 25.2. The zero-order chi connectivity index (χ0) is 27.5. The molecule has 5 aromatic rings. The normalized spacial score (nSPS) is 16.7. The third kappa shape index (κ3) is 4.04. The SMILES string of the molecule is Cc1nnn(C)c1-c1cnc2c3ccc(C(C)(C)O)cc3n(C(N)(c3ccccc3F)C3CCOCC3)c2c1. The van der Waals surface area contributed by atoms with E-state index in [0.717, 1.165) is 44.5 Å². The van der Waals surface area contributed by atoms with Gasteiger partial charge in [0.2, 0.25) is 0 Å². The van der Waals surface area contributed by atoms with E-state index in [4.69, 9.17) is 15.5 Å². The van der Waals surface area contributed by atoms with E-state index in [1.807, 2.05) is 55.1 Å². The number of rotatable bonds is 5. The quantitative estimate of drug-likeness (QED) is 0.341. The average Bonchev–Trinajstić information content (AvgIpc) is 3.43. The molecule has 202 valence electrons. The van der Waals surface area contributed by atoms with E-state index in [1.165, 1.54) is 6.07 Å². The van der Waals surface area contributed by atoms with Crippen LogP contribution in [0.5, 0.6) is 0 Å². The highest BCUT2D eigenvalue weighted by Gasteiger charge is 2.43. The van der Waals surface area contributed by atoms with Gasteiger partial charge in [0.25, 0.3) is 0 Å². The molecule has 1 aliphatic heterocycles. The minimum Gasteiger partial charge on any atom is -0.386 e. The molecule has 3 aromatic heterocycles. The number of hydrogen-bond acceptors (Lipinski definition) is 6. The number of nitrogens with zero attached hydrogens (tertiary/aromatic N) is 5. The van der Waals surface area contributed by atoms with Crippen molar-refractivity contribution in [3.05, 3.63) is 77.4 Å². The Morgan fingerprint density at radius 2 is 1.82 bits per heavy atom. The molecule has 1 aliphatic rings. The monoisotopic (exact) mass is 528 g/mol. The molecule has 8 nitrogen and oxygen atoms in total. The largest absolute Gasteiger partial charge is 0.386 e. The molecule has 1 unspecified atom stereocenters. The van der Waals surface area contributed by atoms with Crippen LogP contribution in [-0.4, -0.2) is 42.9 Å². The Kier molecular flexibility index (Phi) is 6.05. The lowest BCUT2D eigenvalue weighted by Gasteiger charge is -2.42. The second kappa shape index (κ2) is 9.22. The van der Waals surface area contributed by atoms with Gasteiger partial charge < -0.3 is 20.1 Å². The fourth-order valence-corrected chi connectivity index (χ4v) is 6.09. The van der Waals surface area contributed by atoms with Gasteiger partial charge in [0.1, 0.15) is 11.5 Å². The molecule has 4 heterocycles. The number of fused-ring (bicyclic) bond motifs is 3. The zero-order valence-corrected chi connectivity index (χ0v) is 22.6. The Morgan fingerprint density at radius 3 is 2.49 bits per heavy atom. The number of hydrogen-bond donors (Lipinski definition) is 2. The summed E-state index contributed by atoms with van der Waals surface area (Å²) in [6.45, 7) is 6.51. The molecule has 39 heavy (non-hydrogen) atoms. The van der Waals surface area contributed by atoms with Crippen molar-refractivity contribution in [2.45, 2.75) is 44.9 Å².